The summed E-state index contributed by atoms with van der Waals surface area (Å²) in [7, 11) is 0. The van der Waals surface area contributed by atoms with Crippen molar-refractivity contribution in [2.75, 3.05) is 31.1 Å². The highest BCUT2D eigenvalue weighted by Crippen LogP contribution is 2.31. The summed E-state index contributed by atoms with van der Waals surface area (Å²) < 4.78 is 0. The number of primary amides is 1. The molecule has 2 saturated heterocycles. The van der Waals surface area contributed by atoms with Crippen LogP contribution in [0.2, 0.25) is 0 Å². The Morgan fingerprint density at radius 1 is 1.33 bits per heavy atom. The van der Waals surface area contributed by atoms with Crippen LogP contribution in [-0.2, 0) is 0 Å². The van der Waals surface area contributed by atoms with E-state index >= 15 is 0 Å². The zero-order valence-electron chi connectivity index (χ0n) is 10.6. The van der Waals surface area contributed by atoms with Gasteiger partial charge in [-0.15, -0.1) is 0 Å². The number of carbonyl (C=O) groups excluding carboxylic acids is 1. The highest BCUT2D eigenvalue weighted by molar-refractivity contribution is 5.94. The highest BCUT2D eigenvalue weighted by Gasteiger charge is 2.36. The summed E-state index contributed by atoms with van der Waals surface area (Å²) in [6.45, 7) is 6.46. The van der Waals surface area contributed by atoms with Gasteiger partial charge in [0.15, 0.2) is 0 Å². The van der Waals surface area contributed by atoms with Crippen LogP contribution in [0, 0.1) is 18.8 Å². The third kappa shape index (κ3) is 1.86. The lowest BCUT2D eigenvalue weighted by molar-refractivity contribution is 0.1000. The van der Waals surface area contributed by atoms with E-state index in [0.717, 1.165) is 43.6 Å². The second-order valence-corrected chi connectivity index (χ2v) is 5.45. The molecule has 3 N–H and O–H groups in total. The molecule has 0 spiro atoms. The van der Waals surface area contributed by atoms with E-state index in [-0.39, 0.29) is 5.91 Å². The fourth-order valence-corrected chi connectivity index (χ4v) is 3.19. The number of hydrogen-bond acceptors (Lipinski definition) is 3. The monoisotopic (exact) mass is 245 g/mol. The van der Waals surface area contributed by atoms with Gasteiger partial charge >= 0.3 is 0 Å². The van der Waals surface area contributed by atoms with Gasteiger partial charge in [0, 0.05) is 37.4 Å². The standard InChI is InChI=1S/C14H19N3O/c1-9-4-12(2-3-13(9)14(15)18)17-7-10-5-16-6-11(10)8-17/h2-4,10-11,16H,5-8H2,1H3,(H2,15,18)/t10-,11+. The molecule has 0 aliphatic carbocycles. The smallest absolute Gasteiger partial charge is 0.248 e. The van der Waals surface area contributed by atoms with Crippen LogP contribution in [0.3, 0.4) is 0 Å². The Balaban J connectivity index is 1.81. The zero-order valence-corrected chi connectivity index (χ0v) is 10.6. The van der Waals surface area contributed by atoms with Crippen LogP contribution in [0.4, 0.5) is 5.69 Å². The van der Waals surface area contributed by atoms with Gasteiger partial charge in [0.1, 0.15) is 0 Å². The number of rotatable bonds is 2. The molecule has 0 aromatic heterocycles. The Morgan fingerprint density at radius 2 is 2.00 bits per heavy atom. The Bertz CT molecular complexity index is 474. The fourth-order valence-electron chi connectivity index (χ4n) is 3.19. The lowest BCUT2D eigenvalue weighted by Gasteiger charge is -2.20. The fraction of sp³-hybridized carbons (Fsp3) is 0.500. The summed E-state index contributed by atoms with van der Waals surface area (Å²) in [6, 6.07) is 5.94. The molecule has 96 valence electrons. The van der Waals surface area contributed by atoms with Gasteiger partial charge in [-0.05, 0) is 42.5 Å². The number of nitrogens with two attached hydrogens (primary N) is 1. The SMILES string of the molecule is Cc1cc(N2C[C@H]3CNC[C@H]3C2)ccc1C(N)=O. The van der Waals surface area contributed by atoms with Crippen molar-refractivity contribution >= 4 is 11.6 Å². The number of hydrogen-bond donors (Lipinski definition) is 2. The summed E-state index contributed by atoms with van der Waals surface area (Å²) in [6.07, 6.45) is 0. The van der Waals surface area contributed by atoms with Gasteiger partial charge in [0.2, 0.25) is 5.91 Å². The number of benzene rings is 1. The molecular weight excluding hydrogens is 226 g/mol. The van der Waals surface area contributed by atoms with Crippen molar-refractivity contribution in [3.05, 3.63) is 29.3 Å². The average molecular weight is 245 g/mol. The molecule has 1 aromatic carbocycles. The second kappa shape index (κ2) is 4.28. The first-order valence-corrected chi connectivity index (χ1v) is 6.51. The molecule has 2 aliphatic rings. The van der Waals surface area contributed by atoms with E-state index in [0.29, 0.717) is 5.56 Å². The predicted molar refractivity (Wildman–Crippen MR) is 71.8 cm³/mol. The molecule has 3 rings (SSSR count). The van der Waals surface area contributed by atoms with Gasteiger partial charge in [-0.25, -0.2) is 0 Å². The van der Waals surface area contributed by atoms with Gasteiger partial charge < -0.3 is 16.0 Å². The molecule has 0 bridgehead atoms. The van der Waals surface area contributed by atoms with Crippen LogP contribution in [0.5, 0.6) is 0 Å². The number of nitrogens with zero attached hydrogens (tertiary/aromatic N) is 1. The molecule has 1 aromatic rings. The lowest BCUT2D eigenvalue weighted by atomic mass is 10.0. The highest BCUT2D eigenvalue weighted by atomic mass is 16.1. The van der Waals surface area contributed by atoms with Crippen LogP contribution in [0.25, 0.3) is 0 Å². The van der Waals surface area contributed by atoms with Gasteiger partial charge in [0.05, 0.1) is 0 Å². The van der Waals surface area contributed by atoms with E-state index in [2.05, 4.69) is 16.3 Å². The molecule has 2 heterocycles. The Labute approximate surface area is 107 Å². The zero-order chi connectivity index (χ0) is 12.7. The van der Waals surface area contributed by atoms with E-state index in [9.17, 15) is 4.79 Å². The summed E-state index contributed by atoms with van der Waals surface area (Å²) >= 11 is 0. The van der Waals surface area contributed by atoms with Crippen molar-refractivity contribution in [2.45, 2.75) is 6.92 Å². The molecule has 1 amide bonds. The first-order chi connectivity index (χ1) is 8.65. The number of carbonyl (C=O) groups is 1. The van der Waals surface area contributed by atoms with Crippen molar-refractivity contribution in [1.29, 1.82) is 0 Å². The molecule has 4 heteroatoms. The molecule has 0 saturated carbocycles. The molecular formula is C14H19N3O. The number of nitrogens with one attached hydrogen (secondary N) is 1. The van der Waals surface area contributed by atoms with Gasteiger partial charge in [-0.3, -0.25) is 4.79 Å². The first-order valence-electron chi connectivity index (χ1n) is 6.51. The molecule has 2 fully saturated rings. The van der Waals surface area contributed by atoms with Crippen molar-refractivity contribution < 1.29 is 4.79 Å². The summed E-state index contributed by atoms with van der Waals surface area (Å²) in [4.78, 5) is 13.6. The summed E-state index contributed by atoms with van der Waals surface area (Å²) in [5.74, 6) is 1.21. The molecule has 0 radical (unpaired) electrons. The minimum absolute atomic E-state index is 0.346. The van der Waals surface area contributed by atoms with Crippen molar-refractivity contribution in [2.24, 2.45) is 17.6 Å². The van der Waals surface area contributed by atoms with Gasteiger partial charge in [-0.1, -0.05) is 0 Å². The Kier molecular flexibility index (Phi) is 2.74. The minimum atomic E-state index is -0.346. The van der Waals surface area contributed by atoms with Crippen LogP contribution in [-0.4, -0.2) is 32.1 Å². The molecule has 2 aliphatic heterocycles. The molecule has 2 atom stereocenters. The molecule has 18 heavy (non-hydrogen) atoms. The minimum Gasteiger partial charge on any atom is -0.371 e. The number of fused-ring (bicyclic) bond motifs is 1. The van der Waals surface area contributed by atoms with Crippen molar-refractivity contribution in [3.63, 3.8) is 0 Å². The normalized spacial score (nSPS) is 26.4. The maximum Gasteiger partial charge on any atom is 0.248 e. The van der Waals surface area contributed by atoms with Crippen LogP contribution in [0.1, 0.15) is 15.9 Å². The maximum absolute atomic E-state index is 11.2. The average Bonchev–Trinajstić information content (AvgIpc) is 2.87. The van der Waals surface area contributed by atoms with E-state index in [1.807, 2.05) is 19.1 Å². The Hall–Kier alpha value is -1.55. The quantitative estimate of drug-likeness (QED) is 0.808. The van der Waals surface area contributed by atoms with Crippen molar-refractivity contribution in [3.8, 4) is 0 Å². The van der Waals surface area contributed by atoms with Crippen LogP contribution >= 0.6 is 0 Å². The summed E-state index contributed by atoms with van der Waals surface area (Å²) in [5, 5.41) is 3.44. The third-order valence-corrected chi connectivity index (χ3v) is 4.23. The maximum atomic E-state index is 11.2. The van der Waals surface area contributed by atoms with Gasteiger partial charge in [0.25, 0.3) is 0 Å². The van der Waals surface area contributed by atoms with E-state index in [1.165, 1.54) is 5.69 Å². The second-order valence-electron chi connectivity index (χ2n) is 5.45. The largest absolute Gasteiger partial charge is 0.371 e. The van der Waals surface area contributed by atoms with E-state index in [4.69, 9.17) is 5.73 Å². The van der Waals surface area contributed by atoms with Crippen LogP contribution < -0.4 is 16.0 Å². The van der Waals surface area contributed by atoms with Gasteiger partial charge in [-0.2, -0.15) is 0 Å². The number of anilines is 1. The first kappa shape index (κ1) is 11.5. The summed E-state index contributed by atoms with van der Waals surface area (Å²) in [5.41, 5.74) is 8.14. The molecule has 0 unspecified atom stereocenters. The third-order valence-electron chi connectivity index (χ3n) is 4.23. The Morgan fingerprint density at radius 3 is 2.56 bits per heavy atom. The number of amides is 1. The predicted octanol–water partition coefficient (Wildman–Crippen LogP) is 0.750. The lowest BCUT2D eigenvalue weighted by Crippen LogP contribution is -2.25. The molecule has 4 nitrogen and oxygen atoms in total. The van der Waals surface area contributed by atoms with E-state index in [1.54, 1.807) is 0 Å². The van der Waals surface area contributed by atoms with Crippen LogP contribution in [0.15, 0.2) is 18.2 Å². The van der Waals surface area contributed by atoms with E-state index < -0.39 is 0 Å². The van der Waals surface area contributed by atoms with Crippen molar-refractivity contribution in [1.82, 2.24) is 5.32 Å². The number of aryl methyl sites for hydroxylation is 1. The topological polar surface area (TPSA) is 58.4 Å².